The topological polar surface area (TPSA) is 103 Å². The number of fused-ring (bicyclic) bond motifs is 3. The van der Waals surface area contributed by atoms with E-state index < -0.39 is 61.7 Å². The van der Waals surface area contributed by atoms with Crippen molar-refractivity contribution in [1.82, 2.24) is 9.99 Å². The number of ketones is 1. The molecule has 2 bridgehead atoms. The second kappa shape index (κ2) is 10.2. The zero-order chi connectivity index (χ0) is 26.1. The van der Waals surface area contributed by atoms with Crippen LogP contribution in [0.25, 0.3) is 0 Å². The first-order valence-corrected chi connectivity index (χ1v) is 13.0. The smallest absolute Gasteiger partial charge is 0.459 e. The number of ether oxygens (including phenoxy) is 2. The van der Waals surface area contributed by atoms with Crippen LogP contribution in [0.15, 0.2) is 30.3 Å². The molecule has 0 amide bonds. The molecule has 3 aliphatic heterocycles. The van der Waals surface area contributed by atoms with Gasteiger partial charge in [-0.1, -0.05) is 18.2 Å². The number of piperidine rings is 3. The van der Waals surface area contributed by atoms with Crippen molar-refractivity contribution in [2.45, 2.75) is 57.7 Å². The van der Waals surface area contributed by atoms with Crippen LogP contribution in [-0.4, -0.2) is 73.7 Å². The average molecular weight is 518 g/mol. The molecule has 0 radical (unpaired) electrons. The van der Waals surface area contributed by atoms with Crippen LogP contribution >= 0.6 is 7.75 Å². The van der Waals surface area contributed by atoms with E-state index in [-0.39, 0.29) is 25.3 Å². The molecule has 5 atom stereocenters. The van der Waals surface area contributed by atoms with Crippen LogP contribution in [0, 0.1) is 5.41 Å². The Morgan fingerprint density at radius 1 is 1.20 bits per heavy atom. The summed E-state index contributed by atoms with van der Waals surface area (Å²) in [5, 5.41) is 2.55. The van der Waals surface area contributed by atoms with E-state index in [0.29, 0.717) is 0 Å². The van der Waals surface area contributed by atoms with Crippen LogP contribution in [0.4, 0.5) is 8.78 Å². The molecule has 3 fully saturated rings. The number of alkyl halides is 2. The minimum Gasteiger partial charge on any atom is -0.462 e. The van der Waals surface area contributed by atoms with Gasteiger partial charge in [0.1, 0.15) is 17.3 Å². The fourth-order valence-electron chi connectivity index (χ4n) is 4.46. The second-order valence-corrected chi connectivity index (χ2v) is 11.2. The number of carbonyl (C=O) groups is 2. The van der Waals surface area contributed by atoms with E-state index in [0.717, 1.165) is 0 Å². The number of carbonyl (C=O) groups excluding carboxylic acids is 2. The number of hydrogen-bond donors (Lipinski definition) is 1. The number of nitrogens with zero attached hydrogens (tertiary/aromatic N) is 1. The lowest BCUT2D eigenvalue weighted by atomic mass is 9.62. The Bertz CT molecular complexity index is 980. The number of Topliss-reactive ketones (excluding diaryl/α,β-unsaturated/α-hetero) is 1. The highest BCUT2D eigenvalue weighted by Crippen LogP contribution is 2.55. The quantitative estimate of drug-likeness (QED) is 0.349. The third kappa shape index (κ3) is 5.44. The summed E-state index contributed by atoms with van der Waals surface area (Å²) in [6.07, 6.45) is -0.420. The molecule has 196 valence electrons. The highest BCUT2D eigenvalue weighted by molar-refractivity contribution is 7.52. The molecule has 3 aliphatic rings. The Hall–Kier alpha value is -1.91. The van der Waals surface area contributed by atoms with Gasteiger partial charge in [-0.25, -0.2) is 13.3 Å². The van der Waals surface area contributed by atoms with Crippen molar-refractivity contribution in [3.05, 3.63) is 30.3 Å². The lowest BCUT2D eigenvalue weighted by molar-refractivity contribution is -0.230. The number of benzene rings is 1. The summed E-state index contributed by atoms with van der Waals surface area (Å²) in [5.74, 6) is -4.47. The summed E-state index contributed by atoms with van der Waals surface area (Å²) in [5.41, 5.74) is -3.50. The minimum atomic E-state index is -4.30. The molecule has 1 aromatic rings. The Morgan fingerprint density at radius 2 is 1.86 bits per heavy atom. The van der Waals surface area contributed by atoms with Crippen molar-refractivity contribution in [2.24, 2.45) is 5.41 Å². The molecular weight excluding hydrogens is 485 g/mol. The molecule has 35 heavy (non-hydrogen) atoms. The van der Waals surface area contributed by atoms with Gasteiger partial charge in [0, 0.05) is 13.7 Å². The summed E-state index contributed by atoms with van der Waals surface area (Å²) >= 11 is 0. The fourth-order valence-corrected chi connectivity index (χ4v) is 6.00. The maximum absolute atomic E-state index is 14.8. The minimum absolute atomic E-state index is 0.0151. The predicted octanol–water partition coefficient (Wildman–Crippen LogP) is 3.44. The summed E-state index contributed by atoms with van der Waals surface area (Å²) in [4.78, 5) is 27.1. The average Bonchev–Trinajstić information content (AvgIpc) is 2.77. The Balaban J connectivity index is 1.89. The SMILES string of the molecule is COC[C@@]1(COP(=O)(N[C@@H](C)C(=O)OC(C)C)Oc2ccccc2)C(=O)[C@@]2(C)CCN1CC2(F)F. The lowest BCUT2D eigenvalue weighted by Crippen LogP contribution is -2.78. The van der Waals surface area contributed by atoms with Gasteiger partial charge in [0.15, 0.2) is 5.78 Å². The van der Waals surface area contributed by atoms with E-state index in [1.807, 2.05) is 0 Å². The first-order chi connectivity index (χ1) is 16.3. The van der Waals surface area contributed by atoms with E-state index in [2.05, 4.69) is 5.09 Å². The van der Waals surface area contributed by atoms with Gasteiger partial charge < -0.3 is 14.0 Å². The third-order valence-electron chi connectivity index (χ3n) is 6.49. The van der Waals surface area contributed by atoms with Gasteiger partial charge in [0.05, 0.1) is 31.3 Å². The second-order valence-electron chi connectivity index (χ2n) is 9.51. The normalized spacial score (nSPS) is 30.1. The molecular formula is C23H33F2N2O7P. The third-order valence-corrected chi connectivity index (χ3v) is 8.11. The van der Waals surface area contributed by atoms with Crippen molar-refractivity contribution in [1.29, 1.82) is 0 Å². The molecule has 1 aromatic carbocycles. The molecule has 0 saturated carbocycles. The number of rotatable bonds is 11. The number of halogens is 2. The first-order valence-electron chi connectivity index (χ1n) is 11.4. The van der Waals surface area contributed by atoms with E-state index in [4.69, 9.17) is 18.5 Å². The zero-order valence-electron chi connectivity index (χ0n) is 20.6. The molecule has 2 unspecified atom stereocenters. The van der Waals surface area contributed by atoms with E-state index >= 15 is 0 Å². The van der Waals surface area contributed by atoms with Crippen molar-refractivity contribution in [3.63, 3.8) is 0 Å². The summed E-state index contributed by atoms with van der Waals surface area (Å²) in [7, 11) is -2.95. The predicted molar refractivity (Wildman–Crippen MR) is 123 cm³/mol. The van der Waals surface area contributed by atoms with E-state index in [1.165, 1.54) is 25.9 Å². The Labute approximate surface area is 204 Å². The van der Waals surface area contributed by atoms with Crippen LogP contribution < -0.4 is 9.61 Å². The largest absolute Gasteiger partial charge is 0.462 e. The number of hydrogen-bond acceptors (Lipinski definition) is 8. The van der Waals surface area contributed by atoms with Gasteiger partial charge in [-0.3, -0.25) is 19.0 Å². The van der Waals surface area contributed by atoms with Gasteiger partial charge in [-0.05, 0) is 46.2 Å². The molecule has 4 rings (SSSR count). The maximum atomic E-state index is 14.8. The Kier molecular flexibility index (Phi) is 8.08. The van der Waals surface area contributed by atoms with Crippen molar-refractivity contribution in [2.75, 3.05) is 33.4 Å². The monoisotopic (exact) mass is 518 g/mol. The first kappa shape index (κ1) is 27.7. The number of esters is 1. The summed E-state index contributed by atoms with van der Waals surface area (Å²) in [6, 6.07) is 7.03. The van der Waals surface area contributed by atoms with Crippen molar-refractivity contribution >= 4 is 19.5 Å². The molecule has 1 N–H and O–H groups in total. The highest BCUT2D eigenvalue weighted by atomic mass is 31.2. The number of para-hydroxylation sites is 1. The van der Waals surface area contributed by atoms with Crippen LogP contribution in [0.3, 0.4) is 0 Å². The molecule has 12 heteroatoms. The van der Waals surface area contributed by atoms with Gasteiger partial charge in [-0.15, -0.1) is 0 Å². The molecule has 0 aliphatic carbocycles. The number of nitrogens with one attached hydrogen (secondary N) is 1. The van der Waals surface area contributed by atoms with Gasteiger partial charge >= 0.3 is 13.7 Å². The fraction of sp³-hybridized carbons (Fsp3) is 0.652. The van der Waals surface area contributed by atoms with E-state index in [1.54, 1.807) is 44.2 Å². The van der Waals surface area contributed by atoms with Crippen molar-refractivity contribution in [3.8, 4) is 5.75 Å². The highest BCUT2D eigenvalue weighted by Gasteiger charge is 2.70. The van der Waals surface area contributed by atoms with Gasteiger partial charge in [-0.2, -0.15) is 5.09 Å². The molecule has 9 nitrogen and oxygen atoms in total. The van der Waals surface area contributed by atoms with Crippen molar-refractivity contribution < 1.29 is 41.5 Å². The van der Waals surface area contributed by atoms with Crippen LogP contribution in [0.1, 0.15) is 34.1 Å². The van der Waals surface area contributed by atoms with Crippen LogP contribution in [0.2, 0.25) is 0 Å². The molecule has 3 saturated heterocycles. The molecule has 0 aromatic heterocycles. The van der Waals surface area contributed by atoms with E-state index in [9.17, 15) is 22.9 Å². The van der Waals surface area contributed by atoms with Crippen LogP contribution in [0.5, 0.6) is 5.75 Å². The summed E-state index contributed by atoms with van der Waals surface area (Å²) < 4.78 is 65.1. The maximum Gasteiger partial charge on any atom is 0.459 e. The van der Waals surface area contributed by atoms with Gasteiger partial charge in [0.25, 0.3) is 5.92 Å². The molecule has 3 heterocycles. The molecule has 0 spiro atoms. The van der Waals surface area contributed by atoms with Gasteiger partial charge in [0.2, 0.25) is 0 Å². The Morgan fingerprint density at radius 3 is 2.43 bits per heavy atom. The summed E-state index contributed by atoms with van der Waals surface area (Å²) in [6.45, 7) is 4.79. The lowest BCUT2D eigenvalue weighted by Gasteiger charge is -2.59. The van der Waals surface area contributed by atoms with Crippen LogP contribution in [-0.2, 0) is 28.2 Å². The standard InChI is InChI=1S/C23H33F2N2O7P/c1-16(2)33-19(28)17(3)26-35(30,34-18-9-7-6-8-10-18)32-15-22(14-31-5)20(29)21(4)11-12-27(22)13-23(21,24)25/h6-10,16-17H,11-15H2,1-5H3,(H,26,30)/t17-,21+,22+,35?/m0/s1. The number of methoxy groups -OCH3 is 1. The zero-order valence-corrected chi connectivity index (χ0v) is 21.5.